The predicted molar refractivity (Wildman–Crippen MR) is 86.9 cm³/mol. The van der Waals surface area contributed by atoms with Gasteiger partial charge in [-0.25, -0.2) is 0 Å². The van der Waals surface area contributed by atoms with Crippen LogP contribution >= 0.6 is 15.9 Å². The zero-order chi connectivity index (χ0) is 14.7. The van der Waals surface area contributed by atoms with Crippen LogP contribution in [0.1, 0.15) is 31.9 Å². The van der Waals surface area contributed by atoms with Gasteiger partial charge in [-0.15, -0.1) is 0 Å². The van der Waals surface area contributed by atoms with Crippen molar-refractivity contribution in [2.45, 2.75) is 51.9 Å². The molecule has 0 saturated carbocycles. The molecule has 0 atom stereocenters. The zero-order valence-corrected chi connectivity index (χ0v) is 15.2. The molecule has 1 aromatic carbocycles. The van der Waals surface area contributed by atoms with Crippen LogP contribution in [0, 0.1) is 0 Å². The minimum Gasteiger partial charge on any atom is -0.413 e. The van der Waals surface area contributed by atoms with Crippen molar-refractivity contribution in [2.75, 3.05) is 6.61 Å². The third-order valence-corrected chi connectivity index (χ3v) is 8.76. The van der Waals surface area contributed by atoms with Crippen LogP contribution in [0.5, 0.6) is 0 Å². The van der Waals surface area contributed by atoms with Gasteiger partial charge in [0.25, 0.3) is 0 Å². The van der Waals surface area contributed by atoms with Crippen LogP contribution in [-0.2, 0) is 17.5 Å². The van der Waals surface area contributed by atoms with Crippen molar-refractivity contribution in [1.82, 2.24) is 0 Å². The van der Waals surface area contributed by atoms with E-state index in [1.165, 1.54) is 5.56 Å². The molecule has 1 aromatic rings. The molecular weight excluding hydrogens is 320 g/mol. The third-order valence-electron chi connectivity index (χ3n) is 3.82. The first-order chi connectivity index (χ1) is 8.65. The molecule has 1 N–H and O–H groups in total. The summed E-state index contributed by atoms with van der Waals surface area (Å²) in [5, 5.41) is 9.26. The van der Waals surface area contributed by atoms with Crippen molar-refractivity contribution in [1.29, 1.82) is 0 Å². The lowest BCUT2D eigenvalue weighted by molar-refractivity contribution is 0.275. The number of halogens is 1. The molecule has 0 saturated heterocycles. The van der Waals surface area contributed by atoms with Crippen LogP contribution in [-0.4, -0.2) is 20.0 Å². The highest BCUT2D eigenvalue weighted by molar-refractivity contribution is 9.10. The van der Waals surface area contributed by atoms with E-state index in [0.29, 0.717) is 13.0 Å². The molecule has 0 aliphatic heterocycles. The molecule has 0 fully saturated rings. The van der Waals surface area contributed by atoms with Crippen LogP contribution in [0.25, 0.3) is 0 Å². The van der Waals surface area contributed by atoms with E-state index in [4.69, 9.17) is 9.53 Å². The Morgan fingerprint density at radius 3 is 2.26 bits per heavy atom. The summed E-state index contributed by atoms with van der Waals surface area (Å²) in [6.07, 6.45) is 0.687. The fraction of sp³-hybridized carbons (Fsp3) is 0.600. The summed E-state index contributed by atoms with van der Waals surface area (Å²) in [4.78, 5) is 0. The Hall–Kier alpha value is -0.163. The number of benzene rings is 1. The fourth-order valence-electron chi connectivity index (χ4n) is 1.55. The number of hydrogen-bond donors (Lipinski definition) is 1. The average Bonchev–Trinajstić information content (AvgIpc) is 2.25. The van der Waals surface area contributed by atoms with Crippen LogP contribution in [0.15, 0.2) is 22.7 Å². The molecule has 0 bridgehead atoms. The highest BCUT2D eigenvalue weighted by atomic mass is 79.9. The molecule has 0 amide bonds. The van der Waals surface area contributed by atoms with Gasteiger partial charge in [-0.3, -0.25) is 0 Å². The third kappa shape index (κ3) is 5.03. The van der Waals surface area contributed by atoms with Crippen molar-refractivity contribution in [3.8, 4) is 0 Å². The minimum absolute atomic E-state index is 0.180. The van der Waals surface area contributed by atoms with E-state index in [2.05, 4.69) is 61.9 Å². The Kier molecular flexibility index (Phi) is 5.80. The van der Waals surface area contributed by atoms with E-state index >= 15 is 0 Å². The monoisotopic (exact) mass is 344 g/mol. The predicted octanol–water partition coefficient (Wildman–Crippen LogP) is 4.51. The summed E-state index contributed by atoms with van der Waals surface area (Å²) in [6.45, 7) is 12.1. The van der Waals surface area contributed by atoms with Gasteiger partial charge < -0.3 is 9.53 Å². The molecule has 1 rings (SSSR count). The maximum atomic E-state index is 9.03. The molecule has 19 heavy (non-hydrogen) atoms. The highest BCUT2D eigenvalue weighted by Crippen LogP contribution is 2.37. The Labute approximate surface area is 126 Å². The lowest BCUT2D eigenvalue weighted by Crippen LogP contribution is -2.40. The van der Waals surface area contributed by atoms with Crippen LogP contribution < -0.4 is 0 Å². The van der Waals surface area contributed by atoms with Gasteiger partial charge in [0.05, 0.1) is 6.61 Å². The lowest BCUT2D eigenvalue weighted by atomic mass is 10.1. The Morgan fingerprint density at radius 2 is 1.74 bits per heavy atom. The second kappa shape index (κ2) is 6.53. The van der Waals surface area contributed by atoms with E-state index in [1.807, 2.05) is 6.07 Å². The van der Waals surface area contributed by atoms with Crippen molar-refractivity contribution in [2.24, 2.45) is 0 Å². The number of aliphatic hydroxyl groups is 1. The standard InChI is InChI=1S/C15H25BrO2Si/c1-15(2,3)19(4,5)18-11-13-8-12(6-7-17)9-14(16)10-13/h8-10,17H,6-7,11H2,1-5H3. The van der Waals surface area contributed by atoms with Crippen molar-refractivity contribution in [3.05, 3.63) is 33.8 Å². The van der Waals surface area contributed by atoms with Crippen LogP contribution in [0.2, 0.25) is 18.1 Å². The smallest absolute Gasteiger partial charge is 0.192 e. The second-order valence-electron chi connectivity index (χ2n) is 6.49. The van der Waals surface area contributed by atoms with E-state index in [9.17, 15) is 0 Å². The Morgan fingerprint density at radius 1 is 1.16 bits per heavy atom. The molecule has 108 valence electrons. The van der Waals surface area contributed by atoms with Gasteiger partial charge in [-0.2, -0.15) is 0 Å². The number of hydrogen-bond acceptors (Lipinski definition) is 2. The molecule has 4 heteroatoms. The first kappa shape index (κ1) is 16.9. The second-order valence-corrected chi connectivity index (χ2v) is 12.2. The Balaban J connectivity index is 2.78. The van der Waals surface area contributed by atoms with E-state index in [-0.39, 0.29) is 11.6 Å². The van der Waals surface area contributed by atoms with Crippen molar-refractivity contribution < 1.29 is 9.53 Å². The summed E-state index contributed by atoms with van der Waals surface area (Å²) in [6, 6.07) is 6.26. The largest absolute Gasteiger partial charge is 0.413 e. The summed E-state index contributed by atoms with van der Waals surface area (Å²) in [7, 11) is -1.71. The topological polar surface area (TPSA) is 29.5 Å². The van der Waals surface area contributed by atoms with Gasteiger partial charge >= 0.3 is 0 Å². The fourth-order valence-corrected chi connectivity index (χ4v) is 3.10. The van der Waals surface area contributed by atoms with Crippen LogP contribution in [0.4, 0.5) is 0 Å². The molecule has 0 aliphatic rings. The van der Waals surface area contributed by atoms with Crippen molar-refractivity contribution in [3.63, 3.8) is 0 Å². The van der Waals surface area contributed by atoms with Gasteiger partial charge in [0, 0.05) is 11.1 Å². The van der Waals surface area contributed by atoms with Gasteiger partial charge in [0.2, 0.25) is 0 Å². The zero-order valence-electron chi connectivity index (χ0n) is 12.6. The van der Waals surface area contributed by atoms with Gasteiger partial charge in [-0.05, 0) is 47.8 Å². The highest BCUT2D eigenvalue weighted by Gasteiger charge is 2.36. The van der Waals surface area contributed by atoms with E-state index in [1.54, 1.807) is 0 Å². The average molecular weight is 345 g/mol. The maximum absolute atomic E-state index is 9.03. The van der Waals surface area contributed by atoms with Gasteiger partial charge in [0.1, 0.15) is 0 Å². The molecule has 0 radical (unpaired) electrons. The van der Waals surface area contributed by atoms with Crippen LogP contribution in [0.3, 0.4) is 0 Å². The summed E-state index contributed by atoms with van der Waals surface area (Å²) >= 11 is 3.52. The number of rotatable bonds is 5. The quantitative estimate of drug-likeness (QED) is 0.796. The molecule has 0 spiro atoms. The van der Waals surface area contributed by atoms with Gasteiger partial charge in [0.15, 0.2) is 8.32 Å². The summed E-state index contributed by atoms with van der Waals surface area (Å²) in [5.41, 5.74) is 2.31. The summed E-state index contributed by atoms with van der Waals surface area (Å²) in [5.74, 6) is 0. The molecule has 0 unspecified atom stereocenters. The van der Waals surface area contributed by atoms with E-state index < -0.39 is 8.32 Å². The lowest BCUT2D eigenvalue weighted by Gasteiger charge is -2.36. The molecule has 0 aromatic heterocycles. The molecular formula is C15H25BrO2Si. The number of aliphatic hydroxyl groups excluding tert-OH is 1. The normalized spacial score (nSPS) is 12.8. The molecule has 0 aliphatic carbocycles. The summed E-state index contributed by atoms with van der Waals surface area (Å²) < 4.78 is 7.27. The maximum Gasteiger partial charge on any atom is 0.192 e. The molecule has 0 heterocycles. The Bertz CT molecular complexity index is 425. The first-order valence-corrected chi connectivity index (χ1v) is 10.4. The minimum atomic E-state index is -1.71. The SMILES string of the molecule is CC(C)(C)[Si](C)(C)OCc1cc(Br)cc(CCO)c1. The van der Waals surface area contributed by atoms with Gasteiger partial charge in [-0.1, -0.05) is 42.8 Å². The van der Waals surface area contributed by atoms with E-state index in [0.717, 1.165) is 10.0 Å². The first-order valence-electron chi connectivity index (χ1n) is 6.69. The van der Waals surface area contributed by atoms with Crippen molar-refractivity contribution >= 4 is 24.2 Å². The molecule has 2 nitrogen and oxygen atoms in total.